The molecular formula is C22H20O4. The number of carbonyl (C=O) groups is 2. The zero-order valence-electron chi connectivity index (χ0n) is 14.8. The zero-order chi connectivity index (χ0) is 18.7. The van der Waals surface area contributed by atoms with Crippen molar-refractivity contribution in [3.05, 3.63) is 83.4 Å². The standard InChI is InChI=1S/C22H20O4/c1-14(22(24)25-3)20-19(13-16-9-5-4-6-10-16)17-11-7-8-12-18(17)21(20)26-15(2)23/h4-13,20-21H,1H2,2-3H3/b19-13-/t20-,21+/m1/s1. The Morgan fingerprint density at radius 1 is 1.04 bits per heavy atom. The molecule has 2 atom stereocenters. The SMILES string of the molecule is C=C(C(=O)OC)[C@@H]1/C(=C\c2ccccc2)c2ccccc2[C@@H]1OC(C)=O. The highest BCUT2D eigenvalue weighted by Crippen LogP contribution is 2.50. The first-order valence-corrected chi connectivity index (χ1v) is 8.33. The molecule has 0 aliphatic heterocycles. The third kappa shape index (κ3) is 3.31. The molecule has 0 heterocycles. The van der Waals surface area contributed by atoms with Crippen LogP contribution in [0.2, 0.25) is 0 Å². The van der Waals surface area contributed by atoms with Gasteiger partial charge in [0.15, 0.2) is 0 Å². The normalized spacial score (nSPS) is 19.7. The van der Waals surface area contributed by atoms with Crippen LogP contribution >= 0.6 is 0 Å². The lowest BCUT2D eigenvalue weighted by Crippen LogP contribution is -2.20. The van der Waals surface area contributed by atoms with Gasteiger partial charge in [-0.15, -0.1) is 0 Å². The molecule has 4 nitrogen and oxygen atoms in total. The molecule has 0 spiro atoms. The molecule has 0 bridgehead atoms. The number of fused-ring (bicyclic) bond motifs is 1. The molecular weight excluding hydrogens is 328 g/mol. The largest absolute Gasteiger partial charge is 0.466 e. The van der Waals surface area contributed by atoms with Gasteiger partial charge in [-0.3, -0.25) is 4.79 Å². The third-order valence-corrected chi connectivity index (χ3v) is 4.45. The van der Waals surface area contributed by atoms with Gasteiger partial charge in [-0.05, 0) is 16.7 Å². The minimum Gasteiger partial charge on any atom is -0.466 e. The van der Waals surface area contributed by atoms with E-state index in [0.717, 1.165) is 22.3 Å². The number of benzene rings is 2. The van der Waals surface area contributed by atoms with Crippen molar-refractivity contribution in [3.63, 3.8) is 0 Å². The Balaban J connectivity index is 2.17. The molecule has 0 saturated heterocycles. The second-order valence-corrected chi connectivity index (χ2v) is 6.12. The van der Waals surface area contributed by atoms with Crippen LogP contribution in [0.25, 0.3) is 11.6 Å². The number of hydrogen-bond donors (Lipinski definition) is 0. The van der Waals surface area contributed by atoms with E-state index in [9.17, 15) is 9.59 Å². The van der Waals surface area contributed by atoms with Crippen LogP contribution in [-0.2, 0) is 19.1 Å². The molecule has 0 saturated carbocycles. The maximum absolute atomic E-state index is 12.2. The predicted molar refractivity (Wildman–Crippen MR) is 99.9 cm³/mol. The fraction of sp³-hybridized carbons (Fsp3) is 0.182. The number of ether oxygens (including phenoxy) is 2. The lowest BCUT2D eigenvalue weighted by atomic mass is 9.89. The first-order valence-electron chi connectivity index (χ1n) is 8.33. The minimum atomic E-state index is -0.606. The van der Waals surface area contributed by atoms with E-state index < -0.39 is 24.0 Å². The van der Waals surface area contributed by atoms with Crippen LogP contribution in [0.4, 0.5) is 0 Å². The van der Waals surface area contributed by atoms with Crippen molar-refractivity contribution in [1.82, 2.24) is 0 Å². The molecule has 0 amide bonds. The van der Waals surface area contributed by atoms with Crippen LogP contribution in [-0.4, -0.2) is 19.0 Å². The summed E-state index contributed by atoms with van der Waals surface area (Å²) < 4.78 is 10.5. The quantitative estimate of drug-likeness (QED) is 0.614. The summed E-state index contributed by atoms with van der Waals surface area (Å²) in [5.41, 5.74) is 3.94. The van der Waals surface area contributed by atoms with Gasteiger partial charge in [-0.2, -0.15) is 0 Å². The van der Waals surface area contributed by atoms with Gasteiger partial charge in [0.05, 0.1) is 13.0 Å². The first-order chi connectivity index (χ1) is 12.5. The Morgan fingerprint density at radius 2 is 1.69 bits per heavy atom. The molecule has 2 aromatic carbocycles. The summed E-state index contributed by atoms with van der Waals surface area (Å²) >= 11 is 0. The molecule has 132 valence electrons. The highest BCUT2D eigenvalue weighted by Gasteiger charge is 2.42. The van der Waals surface area contributed by atoms with Gasteiger partial charge in [0.25, 0.3) is 0 Å². The first kappa shape index (κ1) is 17.7. The van der Waals surface area contributed by atoms with E-state index in [1.54, 1.807) is 0 Å². The van der Waals surface area contributed by atoms with Gasteiger partial charge in [0, 0.05) is 18.1 Å². The van der Waals surface area contributed by atoms with Crippen LogP contribution in [0, 0.1) is 5.92 Å². The number of esters is 2. The average molecular weight is 348 g/mol. The van der Waals surface area contributed by atoms with Gasteiger partial charge in [0.2, 0.25) is 0 Å². The van der Waals surface area contributed by atoms with E-state index in [1.165, 1.54) is 14.0 Å². The Kier molecular flexibility index (Phi) is 5.03. The van der Waals surface area contributed by atoms with Crippen molar-refractivity contribution in [2.45, 2.75) is 13.0 Å². The topological polar surface area (TPSA) is 52.6 Å². The fourth-order valence-electron chi connectivity index (χ4n) is 3.35. The van der Waals surface area contributed by atoms with Gasteiger partial charge in [-0.25, -0.2) is 4.79 Å². The van der Waals surface area contributed by atoms with Crippen LogP contribution in [0.5, 0.6) is 0 Å². The highest BCUT2D eigenvalue weighted by molar-refractivity contribution is 5.98. The highest BCUT2D eigenvalue weighted by atomic mass is 16.5. The molecule has 0 N–H and O–H groups in total. The second kappa shape index (κ2) is 7.40. The van der Waals surface area contributed by atoms with E-state index >= 15 is 0 Å². The molecule has 2 aromatic rings. The monoisotopic (exact) mass is 348 g/mol. The summed E-state index contributed by atoms with van der Waals surface area (Å²) in [6.45, 7) is 5.29. The average Bonchev–Trinajstić information content (AvgIpc) is 2.94. The molecule has 26 heavy (non-hydrogen) atoms. The number of carbonyl (C=O) groups excluding carboxylic acids is 2. The smallest absolute Gasteiger partial charge is 0.333 e. The number of methoxy groups -OCH3 is 1. The Labute approximate surface area is 152 Å². The van der Waals surface area contributed by atoms with E-state index in [2.05, 4.69) is 6.58 Å². The summed E-state index contributed by atoms with van der Waals surface area (Å²) in [5.74, 6) is -1.42. The van der Waals surface area contributed by atoms with Gasteiger partial charge in [0.1, 0.15) is 6.10 Å². The van der Waals surface area contributed by atoms with E-state index in [0.29, 0.717) is 0 Å². The molecule has 1 aliphatic rings. The van der Waals surface area contributed by atoms with E-state index in [4.69, 9.17) is 9.47 Å². The number of hydrogen-bond acceptors (Lipinski definition) is 4. The predicted octanol–water partition coefficient (Wildman–Crippen LogP) is 4.19. The molecule has 0 unspecified atom stereocenters. The Hall–Kier alpha value is -3.14. The summed E-state index contributed by atoms with van der Waals surface area (Å²) in [4.78, 5) is 23.9. The van der Waals surface area contributed by atoms with Crippen LogP contribution in [0.15, 0.2) is 66.7 Å². The number of rotatable bonds is 4. The van der Waals surface area contributed by atoms with Crippen molar-refractivity contribution in [2.75, 3.05) is 7.11 Å². The van der Waals surface area contributed by atoms with Gasteiger partial charge < -0.3 is 9.47 Å². The van der Waals surface area contributed by atoms with Crippen molar-refractivity contribution in [1.29, 1.82) is 0 Å². The van der Waals surface area contributed by atoms with Crippen molar-refractivity contribution >= 4 is 23.6 Å². The molecule has 0 fully saturated rings. The lowest BCUT2D eigenvalue weighted by molar-refractivity contribution is -0.149. The lowest BCUT2D eigenvalue weighted by Gasteiger charge is -2.22. The van der Waals surface area contributed by atoms with E-state index in [-0.39, 0.29) is 5.57 Å². The molecule has 3 rings (SSSR count). The maximum atomic E-state index is 12.2. The van der Waals surface area contributed by atoms with Gasteiger partial charge >= 0.3 is 11.9 Å². The van der Waals surface area contributed by atoms with Crippen LogP contribution < -0.4 is 0 Å². The zero-order valence-corrected chi connectivity index (χ0v) is 14.8. The summed E-state index contributed by atoms with van der Waals surface area (Å²) in [5, 5.41) is 0. The summed E-state index contributed by atoms with van der Waals surface area (Å²) in [7, 11) is 1.32. The molecule has 4 heteroatoms. The van der Waals surface area contributed by atoms with Crippen molar-refractivity contribution in [3.8, 4) is 0 Å². The van der Waals surface area contributed by atoms with Crippen molar-refractivity contribution < 1.29 is 19.1 Å². The second-order valence-electron chi connectivity index (χ2n) is 6.12. The molecule has 1 aliphatic carbocycles. The Morgan fingerprint density at radius 3 is 2.35 bits per heavy atom. The fourth-order valence-corrected chi connectivity index (χ4v) is 3.35. The Bertz CT molecular complexity index is 880. The van der Waals surface area contributed by atoms with Crippen LogP contribution in [0.1, 0.15) is 29.7 Å². The maximum Gasteiger partial charge on any atom is 0.333 e. The molecule has 0 aromatic heterocycles. The summed E-state index contributed by atoms with van der Waals surface area (Å²) in [6.07, 6.45) is 1.39. The van der Waals surface area contributed by atoms with Crippen LogP contribution in [0.3, 0.4) is 0 Å². The van der Waals surface area contributed by atoms with Gasteiger partial charge in [-0.1, -0.05) is 67.3 Å². The van der Waals surface area contributed by atoms with E-state index in [1.807, 2.05) is 60.7 Å². The van der Waals surface area contributed by atoms with Crippen molar-refractivity contribution in [2.24, 2.45) is 5.92 Å². The third-order valence-electron chi connectivity index (χ3n) is 4.45. The molecule has 0 radical (unpaired) electrons. The minimum absolute atomic E-state index is 0.261. The summed E-state index contributed by atoms with van der Waals surface area (Å²) in [6, 6.07) is 17.5.